The fraction of sp³-hybridized carbons (Fsp3) is 0.824. The van der Waals surface area contributed by atoms with Crippen LogP contribution in [0.25, 0.3) is 0 Å². The Balaban J connectivity index is 1.43. The summed E-state index contributed by atoms with van der Waals surface area (Å²) in [5, 5.41) is 8.03. The fourth-order valence-electron chi connectivity index (χ4n) is 3.64. The maximum atomic E-state index is 12.4. The Morgan fingerprint density at radius 3 is 2.52 bits per heavy atom. The molecule has 0 aromatic carbocycles. The number of hydrogen-bond donors (Lipinski definition) is 1. The van der Waals surface area contributed by atoms with E-state index in [0.717, 1.165) is 49.3 Å². The molecule has 1 aromatic rings. The number of carbonyl (C=O) groups excluding carboxylic acids is 1. The maximum Gasteiger partial charge on any atom is 0.233 e. The average Bonchev–Trinajstić information content (AvgIpc) is 3.17. The van der Waals surface area contributed by atoms with Gasteiger partial charge in [0.1, 0.15) is 5.82 Å². The van der Waals surface area contributed by atoms with Crippen LogP contribution in [0.4, 0.5) is 0 Å². The summed E-state index contributed by atoms with van der Waals surface area (Å²) in [4.78, 5) is 18.9. The molecule has 1 amide bonds. The summed E-state index contributed by atoms with van der Waals surface area (Å²) in [6.45, 7) is 1.83. The molecule has 0 bridgehead atoms. The first-order chi connectivity index (χ1) is 11.3. The van der Waals surface area contributed by atoms with Gasteiger partial charge in [-0.3, -0.25) is 9.89 Å². The molecule has 1 saturated carbocycles. The monoisotopic (exact) mass is 336 g/mol. The predicted octanol–water partition coefficient (Wildman–Crippen LogP) is 3.42. The van der Waals surface area contributed by atoms with Gasteiger partial charge in [-0.15, -0.1) is 5.10 Å². The van der Waals surface area contributed by atoms with E-state index in [-0.39, 0.29) is 5.91 Å². The Hall–Kier alpha value is -1.04. The van der Waals surface area contributed by atoms with Gasteiger partial charge < -0.3 is 4.90 Å². The third-order valence-corrected chi connectivity index (χ3v) is 5.83. The number of carbonyl (C=O) groups is 1. The molecular formula is C17H28N4OS. The zero-order valence-corrected chi connectivity index (χ0v) is 14.7. The van der Waals surface area contributed by atoms with E-state index >= 15 is 0 Å². The molecule has 0 atom stereocenters. The number of hydrogen-bond acceptors (Lipinski definition) is 4. The molecule has 2 heterocycles. The van der Waals surface area contributed by atoms with Crippen LogP contribution in [0, 0.1) is 5.92 Å². The molecule has 23 heavy (non-hydrogen) atoms. The van der Waals surface area contributed by atoms with Crippen LogP contribution in [0.1, 0.15) is 63.6 Å². The highest BCUT2D eigenvalue weighted by Crippen LogP contribution is 2.27. The van der Waals surface area contributed by atoms with Crippen molar-refractivity contribution in [1.29, 1.82) is 0 Å². The average molecular weight is 337 g/mol. The minimum atomic E-state index is 0.235. The smallest absolute Gasteiger partial charge is 0.233 e. The molecule has 1 aromatic heterocycles. The second-order valence-electron chi connectivity index (χ2n) is 6.86. The lowest BCUT2D eigenvalue weighted by molar-refractivity contribution is -0.128. The van der Waals surface area contributed by atoms with Crippen LogP contribution in [0.15, 0.2) is 5.16 Å². The summed E-state index contributed by atoms with van der Waals surface area (Å²) in [6, 6.07) is 0. The topological polar surface area (TPSA) is 61.9 Å². The number of aromatic amines is 1. The van der Waals surface area contributed by atoms with Gasteiger partial charge in [0.2, 0.25) is 11.1 Å². The summed E-state index contributed by atoms with van der Waals surface area (Å²) >= 11 is 1.47. The van der Waals surface area contributed by atoms with Crippen molar-refractivity contribution in [1.82, 2.24) is 20.1 Å². The number of nitrogens with zero attached hydrogens (tertiary/aromatic N) is 3. The minimum Gasteiger partial charge on any atom is -0.342 e. The van der Waals surface area contributed by atoms with Crippen molar-refractivity contribution >= 4 is 17.7 Å². The van der Waals surface area contributed by atoms with E-state index in [0.29, 0.717) is 5.75 Å². The highest BCUT2D eigenvalue weighted by Gasteiger charge is 2.19. The standard InChI is InChI=1S/C17H28N4OS/c22-16(21-10-6-2-1-3-7-11-21)13-23-17-18-15(19-20-17)12-14-8-4-5-9-14/h14H,1-13H2,(H,18,19,20). The number of likely N-dealkylation sites (tertiary alicyclic amines) is 1. The van der Waals surface area contributed by atoms with E-state index in [9.17, 15) is 4.79 Å². The highest BCUT2D eigenvalue weighted by molar-refractivity contribution is 7.99. The first kappa shape index (κ1) is 16.8. The Labute approximate surface area is 143 Å². The summed E-state index contributed by atoms with van der Waals surface area (Å²) in [6.07, 6.45) is 12.4. The molecule has 3 rings (SSSR count). The summed E-state index contributed by atoms with van der Waals surface area (Å²) < 4.78 is 0. The third kappa shape index (κ3) is 5.23. The molecule has 1 saturated heterocycles. The summed E-state index contributed by atoms with van der Waals surface area (Å²) in [5.74, 6) is 2.45. The van der Waals surface area contributed by atoms with E-state index in [4.69, 9.17) is 0 Å². The van der Waals surface area contributed by atoms with Gasteiger partial charge >= 0.3 is 0 Å². The lowest BCUT2D eigenvalue weighted by Gasteiger charge is -2.24. The number of amides is 1. The number of nitrogens with one attached hydrogen (secondary N) is 1. The maximum absolute atomic E-state index is 12.4. The lowest BCUT2D eigenvalue weighted by atomic mass is 10.0. The van der Waals surface area contributed by atoms with Crippen molar-refractivity contribution in [2.45, 2.75) is 69.4 Å². The molecule has 1 aliphatic heterocycles. The first-order valence-corrected chi connectivity index (χ1v) is 10.1. The Bertz CT molecular complexity index is 491. The van der Waals surface area contributed by atoms with Crippen molar-refractivity contribution in [3.8, 4) is 0 Å². The van der Waals surface area contributed by atoms with Gasteiger partial charge in [-0.2, -0.15) is 0 Å². The van der Waals surface area contributed by atoms with E-state index in [2.05, 4.69) is 15.2 Å². The van der Waals surface area contributed by atoms with Crippen LogP contribution in [0.3, 0.4) is 0 Å². The number of H-pyrrole nitrogens is 1. The van der Waals surface area contributed by atoms with Gasteiger partial charge in [-0.25, -0.2) is 4.98 Å². The molecule has 5 nitrogen and oxygen atoms in total. The van der Waals surface area contributed by atoms with E-state index in [1.54, 1.807) is 0 Å². The molecule has 0 unspecified atom stereocenters. The SMILES string of the molecule is O=C(CSc1n[nH]c(CC2CCCC2)n1)N1CCCCCCC1. The molecule has 1 aliphatic carbocycles. The first-order valence-electron chi connectivity index (χ1n) is 9.13. The molecule has 2 aliphatic rings. The Morgan fingerprint density at radius 2 is 1.78 bits per heavy atom. The van der Waals surface area contributed by atoms with Gasteiger partial charge in [0.25, 0.3) is 0 Å². The van der Waals surface area contributed by atoms with Crippen LogP contribution < -0.4 is 0 Å². The zero-order chi connectivity index (χ0) is 15.9. The van der Waals surface area contributed by atoms with Crippen LogP contribution >= 0.6 is 11.8 Å². The van der Waals surface area contributed by atoms with Crippen molar-refractivity contribution in [3.05, 3.63) is 5.82 Å². The molecular weight excluding hydrogens is 308 g/mol. The van der Waals surface area contributed by atoms with E-state index in [1.807, 2.05) is 4.90 Å². The largest absolute Gasteiger partial charge is 0.342 e. The second kappa shape index (κ2) is 8.71. The van der Waals surface area contributed by atoms with Gasteiger partial charge in [-0.05, 0) is 18.8 Å². The van der Waals surface area contributed by atoms with Crippen LogP contribution in [0.5, 0.6) is 0 Å². The molecule has 2 fully saturated rings. The fourth-order valence-corrected chi connectivity index (χ4v) is 4.36. The Morgan fingerprint density at radius 1 is 1.09 bits per heavy atom. The molecule has 0 spiro atoms. The zero-order valence-electron chi connectivity index (χ0n) is 13.9. The van der Waals surface area contributed by atoms with Crippen molar-refractivity contribution in [2.24, 2.45) is 5.92 Å². The molecule has 1 N–H and O–H groups in total. The van der Waals surface area contributed by atoms with E-state index in [1.165, 1.54) is 56.7 Å². The number of rotatable bonds is 5. The number of aromatic nitrogens is 3. The number of thioether (sulfide) groups is 1. The van der Waals surface area contributed by atoms with Crippen molar-refractivity contribution in [2.75, 3.05) is 18.8 Å². The quantitative estimate of drug-likeness (QED) is 0.837. The van der Waals surface area contributed by atoms with Crippen molar-refractivity contribution < 1.29 is 4.79 Å². The minimum absolute atomic E-state index is 0.235. The predicted molar refractivity (Wildman–Crippen MR) is 92.4 cm³/mol. The highest BCUT2D eigenvalue weighted by atomic mass is 32.2. The van der Waals surface area contributed by atoms with Crippen LogP contribution in [-0.2, 0) is 11.2 Å². The summed E-state index contributed by atoms with van der Waals surface area (Å²) in [7, 11) is 0. The molecule has 128 valence electrons. The van der Waals surface area contributed by atoms with E-state index < -0.39 is 0 Å². The lowest BCUT2D eigenvalue weighted by Crippen LogP contribution is -2.35. The Kier molecular flexibility index (Phi) is 6.37. The van der Waals surface area contributed by atoms with Crippen LogP contribution in [-0.4, -0.2) is 44.8 Å². The normalized spacial score (nSPS) is 20.4. The third-order valence-electron chi connectivity index (χ3n) is 5.00. The van der Waals surface area contributed by atoms with Crippen molar-refractivity contribution in [3.63, 3.8) is 0 Å². The second-order valence-corrected chi connectivity index (χ2v) is 7.80. The van der Waals surface area contributed by atoms with Gasteiger partial charge in [0.05, 0.1) is 5.75 Å². The molecule has 0 radical (unpaired) electrons. The van der Waals surface area contributed by atoms with Gasteiger partial charge in [0.15, 0.2) is 0 Å². The molecule has 6 heteroatoms. The summed E-state index contributed by atoms with van der Waals surface area (Å²) in [5.41, 5.74) is 0. The van der Waals surface area contributed by atoms with Crippen LogP contribution in [0.2, 0.25) is 0 Å². The van der Waals surface area contributed by atoms with Gasteiger partial charge in [-0.1, -0.05) is 56.7 Å². The van der Waals surface area contributed by atoms with Gasteiger partial charge in [0, 0.05) is 19.5 Å².